The number of nitrogens with one attached hydrogen (secondary N) is 1. The predicted octanol–water partition coefficient (Wildman–Crippen LogP) is 1.66. The average molecular weight is 241 g/mol. The van der Waals surface area contributed by atoms with Gasteiger partial charge in [0.15, 0.2) is 0 Å². The van der Waals surface area contributed by atoms with Crippen molar-refractivity contribution in [1.29, 1.82) is 0 Å². The van der Waals surface area contributed by atoms with Crippen molar-refractivity contribution in [3.8, 4) is 0 Å². The maximum Gasteiger partial charge on any atom is 0.233 e. The van der Waals surface area contributed by atoms with Gasteiger partial charge in [0.05, 0.1) is 0 Å². The number of carbonyl (C=O) groups excluding carboxylic acids is 1. The zero-order valence-corrected chi connectivity index (χ0v) is 11.5. The summed E-state index contributed by atoms with van der Waals surface area (Å²) in [7, 11) is 0. The van der Waals surface area contributed by atoms with Crippen LogP contribution in [0.3, 0.4) is 0 Å². The third-order valence-corrected chi connectivity index (χ3v) is 4.43. The minimum atomic E-state index is -0.0627. The van der Waals surface area contributed by atoms with E-state index in [1.807, 2.05) is 0 Å². The fourth-order valence-corrected chi connectivity index (χ4v) is 2.45. The molecule has 1 heterocycles. The molecule has 1 amide bonds. The highest BCUT2D eigenvalue weighted by molar-refractivity contribution is 5.75. The van der Waals surface area contributed by atoms with Crippen molar-refractivity contribution in [3.63, 3.8) is 0 Å². The van der Waals surface area contributed by atoms with E-state index in [1.165, 1.54) is 19.3 Å². The first kappa shape index (κ1) is 14.5. The highest BCUT2D eigenvalue weighted by Gasteiger charge is 2.29. The maximum atomic E-state index is 11.1. The van der Waals surface area contributed by atoms with Crippen molar-refractivity contribution < 1.29 is 4.79 Å². The summed E-state index contributed by atoms with van der Waals surface area (Å²) in [6, 6.07) is 0.480. The van der Waals surface area contributed by atoms with Crippen LogP contribution in [0.1, 0.15) is 52.9 Å². The lowest BCUT2D eigenvalue weighted by Crippen LogP contribution is -2.43. The Balaban J connectivity index is 2.30. The molecule has 1 atom stereocenters. The smallest absolute Gasteiger partial charge is 0.233 e. The molecule has 4 nitrogen and oxygen atoms in total. The molecule has 0 saturated carbocycles. The summed E-state index contributed by atoms with van der Waals surface area (Å²) in [5, 5.41) is 0. The van der Waals surface area contributed by atoms with Crippen molar-refractivity contribution in [2.75, 3.05) is 13.1 Å². The Labute approximate surface area is 105 Å². The van der Waals surface area contributed by atoms with Crippen molar-refractivity contribution >= 4 is 5.91 Å². The van der Waals surface area contributed by atoms with Gasteiger partial charge in [0.1, 0.15) is 0 Å². The molecular weight excluding hydrogens is 214 g/mol. The molecule has 4 heteroatoms. The average Bonchev–Trinajstić information content (AvgIpc) is 2.36. The topological polar surface area (TPSA) is 58.4 Å². The number of hydrogen-bond acceptors (Lipinski definition) is 3. The van der Waals surface area contributed by atoms with E-state index in [0.29, 0.717) is 17.9 Å². The Morgan fingerprint density at radius 2 is 2.06 bits per heavy atom. The molecule has 0 aromatic carbocycles. The van der Waals surface area contributed by atoms with Gasteiger partial charge in [0, 0.05) is 12.5 Å². The highest BCUT2D eigenvalue weighted by atomic mass is 16.2. The van der Waals surface area contributed by atoms with Crippen LogP contribution >= 0.6 is 0 Å². The molecule has 0 aromatic heterocycles. The van der Waals surface area contributed by atoms with Crippen LogP contribution in [0, 0.1) is 5.41 Å². The number of carbonyl (C=O) groups is 1. The second kappa shape index (κ2) is 6.36. The zero-order valence-electron chi connectivity index (χ0n) is 11.5. The molecule has 1 unspecified atom stereocenters. The summed E-state index contributed by atoms with van der Waals surface area (Å²) in [5.41, 5.74) is 2.72. The molecule has 17 heavy (non-hydrogen) atoms. The van der Waals surface area contributed by atoms with E-state index in [1.54, 1.807) is 0 Å². The van der Waals surface area contributed by atoms with Crippen molar-refractivity contribution in [2.45, 2.75) is 58.9 Å². The van der Waals surface area contributed by atoms with Gasteiger partial charge in [-0.15, -0.1) is 0 Å². The second-order valence-electron chi connectivity index (χ2n) is 5.66. The van der Waals surface area contributed by atoms with E-state index >= 15 is 0 Å². The molecule has 3 N–H and O–H groups in total. The molecule has 1 saturated heterocycles. The van der Waals surface area contributed by atoms with Crippen molar-refractivity contribution in [3.05, 3.63) is 0 Å². The van der Waals surface area contributed by atoms with Crippen LogP contribution in [0.25, 0.3) is 0 Å². The van der Waals surface area contributed by atoms with E-state index in [0.717, 1.165) is 19.5 Å². The minimum Gasteiger partial charge on any atom is -0.301 e. The largest absolute Gasteiger partial charge is 0.301 e. The summed E-state index contributed by atoms with van der Waals surface area (Å²) >= 11 is 0. The first-order valence-electron chi connectivity index (χ1n) is 6.74. The maximum absolute atomic E-state index is 11.1. The van der Waals surface area contributed by atoms with Crippen LogP contribution in [-0.4, -0.2) is 29.9 Å². The van der Waals surface area contributed by atoms with Crippen LogP contribution < -0.4 is 11.3 Å². The van der Waals surface area contributed by atoms with Gasteiger partial charge < -0.3 is 4.90 Å². The van der Waals surface area contributed by atoms with E-state index in [9.17, 15) is 4.79 Å². The summed E-state index contributed by atoms with van der Waals surface area (Å²) in [4.78, 5) is 13.6. The van der Waals surface area contributed by atoms with Gasteiger partial charge in [-0.2, -0.15) is 0 Å². The third-order valence-electron chi connectivity index (χ3n) is 4.43. The van der Waals surface area contributed by atoms with Gasteiger partial charge in [-0.05, 0) is 44.7 Å². The van der Waals surface area contributed by atoms with Gasteiger partial charge in [-0.3, -0.25) is 10.2 Å². The lowest BCUT2D eigenvalue weighted by molar-refractivity contribution is -0.121. The number of hydrazine groups is 1. The predicted molar refractivity (Wildman–Crippen MR) is 70.2 cm³/mol. The molecule has 0 radical (unpaired) electrons. The molecule has 0 aliphatic carbocycles. The summed E-state index contributed by atoms with van der Waals surface area (Å²) < 4.78 is 0. The molecule has 0 bridgehead atoms. The molecule has 1 aliphatic heterocycles. The van der Waals surface area contributed by atoms with Crippen molar-refractivity contribution in [2.24, 2.45) is 11.3 Å². The first-order chi connectivity index (χ1) is 8.00. The Bertz CT molecular complexity index is 247. The van der Waals surface area contributed by atoms with Gasteiger partial charge >= 0.3 is 0 Å². The third kappa shape index (κ3) is 4.28. The number of nitrogens with two attached hydrogens (primary N) is 1. The van der Waals surface area contributed by atoms with E-state index in [-0.39, 0.29) is 5.91 Å². The fraction of sp³-hybridized carbons (Fsp3) is 0.923. The van der Waals surface area contributed by atoms with E-state index < -0.39 is 0 Å². The minimum absolute atomic E-state index is 0.0627. The van der Waals surface area contributed by atoms with Crippen LogP contribution in [0.2, 0.25) is 0 Å². The lowest BCUT2D eigenvalue weighted by Gasteiger charge is -2.41. The SMILES string of the molecule is CCC1(C)CCN(C(C)CCC(=O)NN)CC1. The molecule has 1 fully saturated rings. The van der Waals surface area contributed by atoms with Crippen LogP contribution in [0.15, 0.2) is 0 Å². The number of piperidine rings is 1. The molecular formula is C13H27N3O. The number of hydrogen-bond donors (Lipinski definition) is 2. The Hall–Kier alpha value is -0.610. The van der Waals surface area contributed by atoms with Crippen LogP contribution in [0.5, 0.6) is 0 Å². The molecule has 1 aliphatic rings. The lowest BCUT2D eigenvalue weighted by atomic mass is 9.78. The highest BCUT2D eigenvalue weighted by Crippen LogP contribution is 2.34. The number of rotatable bonds is 5. The standard InChI is InChI=1S/C13H27N3O/c1-4-13(3)7-9-16(10-8-13)11(2)5-6-12(17)15-14/h11H,4-10,14H2,1-3H3,(H,15,17). The Morgan fingerprint density at radius 1 is 1.47 bits per heavy atom. The molecule has 100 valence electrons. The van der Waals surface area contributed by atoms with Gasteiger partial charge in [-0.1, -0.05) is 20.3 Å². The summed E-state index contributed by atoms with van der Waals surface area (Å²) in [6.45, 7) is 9.20. The van der Waals surface area contributed by atoms with Crippen LogP contribution in [-0.2, 0) is 4.79 Å². The molecule has 0 spiro atoms. The van der Waals surface area contributed by atoms with Gasteiger partial charge in [0.25, 0.3) is 0 Å². The summed E-state index contributed by atoms with van der Waals surface area (Å²) in [6.07, 6.45) is 5.24. The monoisotopic (exact) mass is 241 g/mol. The Morgan fingerprint density at radius 3 is 2.53 bits per heavy atom. The summed E-state index contributed by atoms with van der Waals surface area (Å²) in [5.74, 6) is 5.01. The zero-order chi connectivity index (χ0) is 12.9. The molecule has 0 aromatic rings. The number of nitrogens with zero attached hydrogens (tertiary/aromatic N) is 1. The van der Waals surface area contributed by atoms with Crippen molar-refractivity contribution in [1.82, 2.24) is 10.3 Å². The van der Waals surface area contributed by atoms with E-state index in [2.05, 4.69) is 31.1 Å². The van der Waals surface area contributed by atoms with E-state index in [4.69, 9.17) is 5.84 Å². The fourth-order valence-electron chi connectivity index (χ4n) is 2.45. The van der Waals surface area contributed by atoms with Gasteiger partial charge in [0.2, 0.25) is 5.91 Å². The molecule has 1 rings (SSSR count). The van der Waals surface area contributed by atoms with Crippen LogP contribution in [0.4, 0.5) is 0 Å². The Kier molecular flexibility index (Phi) is 5.40. The number of likely N-dealkylation sites (tertiary alicyclic amines) is 1. The first-order valence-corrected chi connectivity index (χ1v) is 6.74. The second-order valence-corrected chi connectivity index (χ2v) is 5.66. The normalized spacial score (nSPS) is 22.1. The number of amides is 1. The van der Waals surface area contributed by atoms with Gasteiger partial charge in [-0.25, -0.2) is 5.84 Å². The quantitative estimate of drug-likeness (QED) is 0.437.